The van der Waals surface area contributed by atoms with E-state index in [1.54, 1.807) is 12.1 Å². The number of halogens is 3. The molecule has 0 saturated carbocycles. The summed E-state index contributed by atoms with van der Waals surface area (Å²) < 4.78 is 28.3. The number of alkyl halides is 2. The highest BCUT2D eigenvalue weighted by Crippen LogP contribution is 2.28. The van der Waals surface area contributed by atoms with E-state index in [1.807, 2.05) is 0 Å². The van der Waals surface area contributed by atoms with Gasteiger partial charge < -0.3 is 10.1 Å². The fourth-order valence-electron chi connectivity index (χ4n) is 1.79. The Morgan fingerprint density at radius 3 is 2.50 bits per heavy atom. The average molecular weight is 329 g/mol. The highest BCUT2D eigenvalue weighted by Gasteiger charge is 2.14. The van der Waals surface area contributed by atoms with Crippen molar-refractivity contribution >= 4 is 23.0 Å². The van der Waals surface area contributed by atoms with Gasteiger partial charge in [0.1, 0.15) is 11.4 Å². The Morgan fingerprint density at radius 1 is 1.23 bits per heavy atom. The zero-order valence-corrected chi connectivity index (χ0v) is 11.9. The highest BCUT2D eigenvalue weighted by atomic mass is 35.5. The molecule has 116 valence electrons. The van der Waals surface area contributed by atoms with Crippen molar-refractivity contribution in [1.82, 2.24) is 0 Å². The quantitative estimate of drug-likeness (QED) is 0.628. The lowest BCUT2D eigenvalue weighted by molar-refractivity contribution is -0.383. The Bertz CT molecular complexity index is 666. The monoisotopic (exact) mass is 328 g/mol. The van der Waals surface area contributed by atoms with Crippen LogP contribution in [0.5, 0.6) is 5.75 Å². The lowest BCUT2D eigenvalue weighted by Crippen LogP contribution is -2.04. The Labute approximate surface area is 129 Å². The summed E-state index contributed by atoms with van der Waals surface area (Å²) >= 11 is 5.73. The third kappa shape index (κ3) is 4.29. The molecule has 0 atom stereocenters. The summed E-state index contributed by atoms with van der Waals surface area (Å²) in [5.74, 6) is 0.0521. The van der Waals surface area contributed by atoms with Crippen LogP contribution in [0.3, 0.4) is 0 Å². The maximum atomic E-state index is 12.0. The molecule has 2 aromatic carbocycles. The molecule has 2 aromatic rings. The van der Waals surface area contributed by atoms with Gasteiger partial charge in [-0.15, -0.1) is 0 Å². The summed E-state index contributed by atoms with van der Waals surface area (Å²) in [5.41, 5.74) is 0.943. The normalized spacial score (nSPS) is 10.5. The number of nitrogens with one attached hydrogen (secondary N) is 1. The van der Waals surface area contributed by atoms with Crippen LogP contribution >= 0.6 is 11.6 Å². The lowest BCUT2D eigenvalue weighted by Gasteiger charge is -2.09. The number of hydrogen-bond acceptors (Lipinski definition) is 4. The minimum absolute atomic E-state index is 0.0521. The minimum atomic E-state index is -2.87. The molecule has 0 aliphatic rings. The Morgan fingerprint density at radius 2 is 1.91 bits per heavy atom. The van der Waals surface area contributed by atoms with Crippen molar-refractivity contribution in [3.05, 3.63) is 63.2 Å². The number of nitro groups is 1. The van der Waals surface area contributed by atoms with Crippen LogP contribution in [0, 0.1) is 10.1 Å². The van der Waals surface area contributed by atoms with Gasteiger partial charge in [-0.2, -0.15) is 8.78 Å². The summed E-state index contributed by atoms with van der Waals surface area (Å²) in [4.78, 5) is 10.4. The molecule has 0 amide bonds. The summed E-state index contributed by atoms with van der Waals surface area (Å²) in [7, 11) is 0. The third-order valence-corrected chi connectivity index (χ3v) is 3.02. The molecule has 0 heterocycles. The molecule has 2 rings (SSSR count). The second kappa shape index (κ2) is 7.04. The standard InChI is InChI=1S/C14H11ClF2N2O3/c15-10-3-6-12(13(7-10)19(20)21)18-8-9-1-4-11(5-2-9)22-14(16)17/h1-7,14,18H,8H2. The van der Waals surface area contributed by atoms with E-state index in [0.29, 0.717) is 5.69 Å². The van der Waals surface area contributed by atoms with E-state index in [0.717, 1.165) is 5.56 Å². The topological polar surface area (TPSA) is 64.4 Å². The summed E-state index contributed by atoms with van der Waals surface area (Å²) in [6, 6.07) is 10.3. The van der Waals surface area contributed by atoms with Crippen molar-refractivity contribution in [3.63, 3.8) is 0 Å². The molecule has 0 unspecified atom stereocenters. The van der Waals surface area contributed by atoms with E-state index in [1.165, 1.54) is 30.3 Å². The molecule has 0 spiro atoms. The van der Waals surface area contributed by atoms with Gasteiger partial charge in [0, 0.05) is 17.6 Å². The fourth-order valence-corrected chi connectivity index (χ4v) is 1.96. The van der Waals surface area contributed by atoms with E-state index in [9.17, 15) is 18.9 Å². The molecule has 0 saturated heterocycles. The van der Waals surface area contributed by atoms with E-state index >= 15 is 0 Å². The molecule has 0 bridgehead atoms. The molecule has 5 nitrogen and oxygen atoms in total. The minimum Gasteiger partial charge on any atom is -0.435 e. The van der Waals surface area contributed by atoms with Crippen LogP contribution in [0.25, 0.3) is 0 Å². The first kappa shape index (κ1) is 16.0. The fraction of sp³-hybridized carbons (Fsp3) is 0.143. The van der Waals surface area contributed by atoms with E-state index in [4.69, 9.17) is 11.6 Å². The number of rotatable bonds is 6. The van der Waals surface area contributed by atoms with Gasteiger partial charge >= 0.3 is 6.61 Å². The molecule has 1 N–H and O–H groups in total. The molecular weight excluding hydrogens is 318 g/mol. The van der Waals surface area contributed by atoms with Gasteiger partial charge in [-0.3, -0.25) is 10.1 Å². The number of nitrogens with zero attached hydrogens (tertiary/aromatic N) is 1. The van der Waals surface area contributed by atoms with Crippen molar-refractivity contribution in [3.8, 4) is 5.75 Å². The first-order valence-corrected chi connectivity index (χ1v) is 6.55. The molecule has 0 fully saturated rings. The van der Waals surface area contributed by atoms with Crippen LogP contribution < -0.4 is 10.1 Å². The van der Waals surface area contributed by atoms with Crippen LogP contribution in [-0.2, 0) is 6.54 Å². The largest absolute Gasteiger partial charge is 0.435 e. The average Bonchev–Trinajstić information content (AvgIpc) is 2.46. The van der Waals surface area contributed by atoms with Crippen LogP contribution in [0.2, 0.25) is 5.02 Å². The number of nitro benzene ring substituents is 1. The maximum absolute atomic E-state index is 12.0. The molecule has 0 aliphatic heterocycles. The number of ether oxygens (including phenoxy) is 1. The van der Waals surface area contributed by atoms with Crippen LogP contribution in [-0.4, -0.2) is 11.5 Å². The van der Waals surface area contributed by atoms with Crippen LogP contribution in [0.4, 0.5) is 20.2 Å². The molecular formula is C14H11ClF2N2O3. The van der Waals surface area contributed by atoms with Crippen LogP contribution in [0.1, 0.15) is 5.56 Å². The molecule has 0 aromatic heterocycles. The maximum Gasteiger partial charge on any atom is 0.387 e. The summed E-state index contributed by atoms with van der Waals surface area (Å²) in [6.45, 7) is -2.59. The highest BCUT2D eigenvalue weighted by molar-refractivity contribution is 6.30. The predicted molar refractivity (Wildman–Crippen MR) is 78.5 cm³/mol. The third-order valence-electron chi connectivity index (χ3n) is 2.79. The Hall–Kier alpha value is -2.41. The van der Waals surface area contributed by atoms with Gasteiger partial charge in [-0.25, -0.2) is 0 Å². The summed E-state index contributed by atoms with van der Waals surface area (Å²) in [5, 5.41) is 14.1. The molecule has 8 heteroatoms. The zero-order valence-electron chi connectivity index (χ0n) is 11.1. The molecule has 0 radical (unpaired) electrons. The summed E-state index contributed by atoms with van der Waals surface area (Å²) in [6.07, 6.45) is 0. The predicted octanol–water partition coefficient (Wildman–Crippen LogP) is 4.46. The second-order valence-electron chi connectivity index (χ2n) is 4.29. The van der Waals surface area contributed by atoms with Gasteiger partial charge in [0.25, 0.3) is 5.69 Å². The van der Waals surface area contributed by atoms with E-state index in [2.05, 4.69) is 10.1 Å². The van der Waals surface area contributed by atoms with Gasteiger partial charge in [0.2, 0.25) is 0 Å². The number of benzene rings is 2. The van der Waals surface area contributed by atoms with Crippen molar-refractivity contribution in [2.24, 2.45) is 0 Å². The van der Waals surface area contributed by atoms with Gasteiger partial charge in [-0.1, -0.05) is 23.7 Å². The first-order chi connectivity index (χ1) is 10.5. The van der Waals surface area contributed by atoms with Crippen molar-refractivity contribution in [2.75, 3.05) is 5.32 Å². The van der Waals surface area contributed by atoms with Crippen molar-refractivity contribution in [1.29, 1.82) is 0 Å². The number of hydrogen-bond donors (Lipinski definition) is 1. The van der Waals surface area contributed by atoms with E-state index in [-0.39, 0.29) is 23.0 Å². The van der Waals surface area contributed by atoms with Gasteiger partial charge in [-0.05, 0) is 29.8 Å². The Kier molecular flexibility index (Phi) is 5.11. The zero-order chi connectivity index (χ0) is 16.1. The molecule has 22 heavy (non-hydrogen) atoms. The van der Waals surface area contributed by atoms with Gasteiger partial charge in [0.15, 0.2) is 0 Å². The lowest BCUT2D eigenvalue weighted by atomic mass is 10.2. The van der Waals surface area contributed by atoms with Crippen LogP contribution in [0.15, 0.2) is 42.5 Å². The first-order valence-electron chi connectivity index (χ1n) is 6.17. The second-order valence-corrected chi connectivity index (χ2v) is 4.73. The Balaban J connectivity index is 2.05. The molecule has 0 aliphatic carbocycles. The van der Waals surface area contributed by atoms with Crippen molar-refractivity contribution < 1.29 is 18.4 Å². The smallest absolute Gasteiger partial charge is 0.387 e. The number of anilines is 1. The SMILES string of the molecule is O=[N+]([O-])c1cc(Cl)ccc1NCc1ccc(OC(F)F)cc1. The van der Waals surface area contributed by atoms with Crippen molar-refractivity contribution in [2.45, 2.75) is 13.2 Å². The van der Waals surface area contributed by atoms with E-state index < -0.39 is 11.5 Å². The van der Waals surface area contributed by atoms with Gasteiger partial charge in [0.05, 0.1) is 4.92 Å².